The summed E-state index contributed by atoms with van der Waals surface area (Å²) >= 11 is 0. The molecule has 1 heterocycles. The number of nitrogens with two attached hydrogens (primary N) is 1. The van der Waals surface area contributed by atoms with E-state index in [-0.39, 0.29) is 17.5 Å². The van der Waals surface area contributed by atoms with Crippen LogP contribution in [0.25, 0.3) is 0 Å². The molecule has 0 aliphatic heterocycles. The van der Waals surface area contributed by atoms with Gasteiger partial charge in [0, 0.05) is 6.07 Å². The highest BCUT2D eigenvalue weighted by atomic mass is 19.1. The third-order valence-electron chi connectivity index (χ3n) is 2.45. The minimum atomic E-state index is -0.300. The molecule has 2 aromatic rings. The quantitative estimate of drug-likeness (QED) is 0.385. The van der Waals surface area contributed by atoms with Gasteiger partial charge >= 0.3 is 0 Å². The lowest BCUT2D eigenvalue weighted by atomic mass is 10.2. The van der Waals surface area contributed by atoms with Crippen molar-refractivity contribution >= 4 is 5.84 Å². The maximum atomic E-state index is 13.1. The van der Waals surface area contributed by atoms with Crippen LogP contribution in [-0.2, 0) is 0 Å². The largest absolute Gasteiger partial charge is 0.439 e. The van der Waals surface area contributed by atoms with E-state index in [1.54, 1.807) is 31.2 Å². The van der Waals surface area contributed by atoms with Crippen LogP contribution in [0.5, 0.6) is 11.6 Å². The Balaban J connectivity index is 2.26. The van der Waals surface area contributed by atoms with E-state index >= 15 is 0 Å². The number of amidine groups is 1. The number of oxime groups is 1. The van der Waals surface area contributed by atoms with Crippen molar-refractivity contribution in [1.29, 1.82) is 0 Å². The summed E-state index contributed by atoms with van der Waals surface area (Å²) in [6, 6.07) is 9.24. The Kier molecular flexibility index (Phi) is 3.61. The van der Waals surface area contributed by atoms with E-state index in [0.29, 0.717) is 17.0 Å². The fraction of sp³-hybridized carbons (Fsp3) is 0.0769. The average Bonchev–Trinajstić information content (AvgIpc) is 2.42. The Labute approximate surface area is 109 Å². The third-order valence-corrected chi connectivity index (χ3v) is 2.45. The van der Waals surface area contributed by atoms with Crippen LogP contribution in [0, 0.1) is 12.7 Å². The van der Waals surface area contributed by atoms with Crippen LogP contribution in [0.2, 0.25) is 0 Å². The van der Waals surface area contributed by atoms with Crippen LogP contribution in [0.15, 0.2) is 41.6 Å². The Morgan fingerprint density at radius 2 is 2.16 bits per heavy atom. The second kappa shape index (κ2) is 5.34. The van der Waals surface area contributed by atoms with Gasteiger partial charge in [-0.15, -0.1) is 0 Å². The first-order valence-electron chi connectivity index (χ1n) is 5.49. The number of aromatic nitrogens is 1. The number of aryl methyl sites for hydroxylation is 1. The Hall–Kier alpha value is -2.63. The standard InChI is InChI=1S/C13H12FN3O2/c1-8-7-9(5-6-10(8)14)19-12-4-2-3-11(16-12)13(15)17-18/h2-7,18H,1H3,(H2,15,17). The molecule has 1 aromatic heterocycles. The molecule has 0 saturated carbocycles. The zero-order valence-electron chi connectivity index (χ0n) is 10.2. The molecule has 1 aromatic carbocycles. The van der Waals surface area contributed by atoms with Gasteiger partial charge in [0.05, 0.1) is 0 Å². The molecule has 0 aliphatic rings. The summed E-state index contributed by atoms with van der Waals surface area (Å²) in [5.41, 5.74) is 6.20. The van der Waals surface area contributed by atoms with Gasteiger partial charge in [-0.1, -0.05) is 11.2 Å². The minimum absolute atomic E-state index is 0.110. The summed E-state index contributed by atoms with van der Waals surface area (Å²) in [7, 11) is 0. The van der Waals surface area contributed by atoms with Gasteiger partial charge in [-0.25, -0.2) is 9.37 Å². The van der Waals surface area contributed by atoms with Gasteiger partial charge in [0.1, 0.15) is 17.3 Å². The smallest absolute Gasteiger partial charge is 0.219 e. The lowest BCUT2D eigenvalue weighted by Crippen LogP contribution is -2.14. The van der Waals surface area contributed by atoms with Crippen molar-refractivity contribution in [1.82, 2.24) is 4.98 Å². The van der Waals surface area contributed by atoms with Gasteiger partial charge in [-0.3, -0.25) is 0 Å². The van der Waals surface area contributed by atoms with E-state index in [1.165, 1.54) is 12.1 Å². The normalized spacial score (nSPS) is 11.4. The number of benzene rings is 1. The summed E-state index contributed by atoms with van der Waals surface area (Å²) < 4.78 is 18.6. The van der Waals surface area contributed by atoms with E-state index in [4.69, 9.17) is 15.7 Å². The minimum Gasteiger partial charge on any atom is -0.439 e. The summed E-state index contributed by atoms with van der Waals surface area (Å²) in [5.74, 6) is 0.324. The fourth-order valence-corrected chi connectivity index (χ4v) is 1.47. The molecule has 6 heteroatoms. The van der Waals surface area contributed by atoms with Gasteiger partial charge in [-0.05, 0) is 36.8 Å². The molecule has 0 fully saturated rings. The molecule has 3 N–H and O–H groups in total. The molecule has 0 saturated heterocycles. The van der Waals surface area contributed by atoms with Crippen LogP contribution < -0.4 is 10.5 Å². The molecule has 0 bridgehead atoms. The molecular formula is C13H12FN3O2. The van der Waals surface area contributed by atoms with Crippen molar-refractivity contribution in [2.24, 2.45) is 10.9 Å². The van der Waals surface area contributed by atoms with Crippen LogP contribution in [0.1, 0.15) is 11.3 Å². The second-order valence-electron chi connectivity index (χ2n) is 3.86. The van der Waals surface area contributed by atoms with Crippen LogP contribution in [-0.4, -0.2) is 16.0 Å². The Morgan fingerprint density at radius 3 is 2.84 bits per heavy atom. The zero-order chi connectivity index (χ0) is 13.8. The summed E-state index contributed by atoms with van der Waals surface area (Å²) in [6.07, 6.45) is 0. The van der Waals surface area contributed by atoms with E-state index in [0.717, 1.165) is 0 Å². The zero-order valence-corrected chi connectivity index (χ0v) is 10.2. The molecule has 0 radical (unpaired) electrons. The van der Waals surface area contributed by atoms with Crippen molar-refractivity contribution in [3.63, 3.8) is 0 Å². The van der Waals surface area contributed by atoms with E-state index in [1.807, 2.05) is 0 Å². The van der Waals surface area contributed by atoms with Crippen molar-refractivity contribution in [3.05, 3.63) is 53.5 Å². The van der Waals surface area contributed by atoms with E-state index < -0.39 is 0 Å². The fourth-order valence-electron chi connectivity index (χ4n) is 1.47. The first-order valence-corrected chi connectivity index (χ1v) is 5.49. The highest BCUT2D eigenvalue weighted by Gasteiger charge is 2.05. The summed E-state index contributed by atoms with van der Waals surface area (Å²) in [4.78, 5) is 4.06. The van der Waals surface area contributed by atoms with Gasteiger partial charge < -0.3 is 15.7 Å². The number of halogens is 1. The lowest BCUT2D eigenvalue weighted by molar-refractivity contribution is 0.318. The predicted octanol–water partition coefficient (Wildman–Crippen LogP) is 2.42. The Bertz CT molecular complexity index is 629. The van der Waals surface area contributed by atoms with E-state index in [9.17, 15) is 4.39 Å². The number of rotatable bonds is 3. The summed E-state index contributed by atoms with van der Waals surface area (Å²) in [5, 5.41) is 11.4. The molecule has 0 atom stereocenters. The number of pyridine rings is 1. The first kappa shape index (κ1) is 12.8. The maximum Gasteiger partial charge on any atom is 0.219 e. The molecule has 0 amide bonds. The molecule has 0 spiro atoms. The molecule has 0 unspecified atom stereocenters. The van der Waals surface area contributed by atoms with Crippen LogP contribution in [0.4, 0.5) is 4.39 Å². The highest BCUT2D eigenvalue weighted by Crippen LogP contribution is 2.21. The van der Waals surface area contributed by atoms with Gasteiger partial charge in [0.15, 0.2) is 5.84 Å². The number of ether oxygens (including phenoxy) is 1. The van der Waals surface area contributed by atoms with Crippen LogP contribution in [0.3, 0.4) is 0 Å². The topological polar surface area (TPSA) is 80.7 Å². The molecule has 98 valence electrons. The SMILES string of the molecule is Cc1cc(Oc2cccc(/C(N)=N/O)n2)ccc1F. The number of nitrogens with zero attached hydrogens (tertiary/aromatic N) is 2. The maximum absolute atomic E-state index is 13.1. The molecule has 19 heavy (non-hydrogen) atoms. The first-order chi connectivity index (χ1) is 9.10. The van der Waals surface area contributed by atoms with Gasteiger partial charge in [-0.2, -0.15) is 0 Å². The number of hydrogen-bond acceptors (Lipinski definition) is 4. The number of hydrogen-bond donors (Lipinski definition) is 2. The van der Waals surface area contributed by atoms with Crippen LogP contribution >= 0.6 is 0 Å². The highest BCUT2D eigenvalue weighted by molar-refractivity contribution is 5.95. The monoisotopic (exact) mass is 261 g/mol. The van der Waals surface area contributed by atoms with Gasteiger partial charge in [0.25, 0.3) is 0 Å². The van der Waals surface area contributed by atoms with Crippen molar-refractivity contribution in [2.75, 3.05) is 0 Å². The summed E-state index contributed by atoms with van der Waals surface area (Å²) in [6.45, 7) is 1.64. The third kappa shape index (κ3) is 2.98. The molecule has 0 aliphatic carbocycles. The van der Waals surface area contributed by atoms with Crippen molar-refractivity contribution < 1.29 is 14.3 Å². The second-order valence-corrected chi connectivity index (χ2v) is 3.86. The van der Waals surface area contributed by atoms with Gasteiger partial charge in [0.2, 0.25) is 5.88 Å². The Morgan fingerprint density at radius 1 is 1.37 bits per heavy atom. The average molecular weight is 261 g/mol. The van der Waals surface area contributed by atoms with E-state index in [2.05, 4.69) is 10.1 Å². The molecular weight excluding hydrogens is 249 g/mol. The van der Waals surface area contributed by atoms with Crippen molar-refractivity contribution in [2.45, 2.75) is 6.92 Å². The lowest BCUT2D eigenvalue weighted by Gasteiger charge is -2.07. The molecule has 5 nitrogen and oxygen atoms in total. The predicted molar refractivity (Wildman–Crippen MR) is 68.0 cm³/mol. The molecule has 2 rings (SSSR count). The van der Waals surface area contributed by atoms with Crippen molar-refractivity contribution in [3.8, 4) is 11.6 Å².